The van der Waals surface area contributed by atoms with Gasteiger partial charge in [-0.1, -0.05) is 0 Å². The Kier molecular flexibility index (Phi) is 2.51. The fraction of sp³-hybridized carbons (Fsp3) is 1.00. The molecule has 0 bridgehead atoms. The molecule has 1 rings (SSSR count). The molecule has 1 saturated carbocycles. The van der Waals surface area contributed by atoms with Crippen LogP contribution in [0.5, 0.6) is 0 Å². The zero-order chi connectivity index (χ0) is 8.48. The van der Waals surface area contributed by atoms with Crippen molar-refractivity contribution >= 4 is 10.0 Å². The average Bonchev–Trinajstić information content (AvgIpc) is 2.64. The second-order valence-electron chi connectivity index (χ2n) is 3.07. The summed E-state index contributed by atoms with van der Waals surface area (Å²) in [5, 5.41) is -0.138. The van der Waals surface area contributed by atoms with Crippen LogP contribution >= 0.6 is 0 Å². The van der Waals surface area contributed by atoms with E-state index in [1.54, 1.807) is 6.92 Å². The molecule has 4 nitrogen and oxygen atoms in total. The molecule has 0 amide bonds. The van der Waals surface area contributed by atoms with Crippen LogP contribution in [0, 0.1) is 0 Å². The van der Waals surface area contributed by atoms with Crippen LogP contribution in [0.4, 0.5) is 0 Å². The van der Waals surface area contributed by atoms with Gasteiger partial charge in [-0.15, -0.1) is 0 Å². The van der Waals surface area contributed by atoms with E-state index in [0.717, 1.165) is 12.8 Å². The van der Waals surface area contributed by atoms with E-state index in [-0.39, 0.29) is 11.3 Å². The number of hydrogen-bond donors (Lipinski definition) is 2. The maximum absolute atomic E-state index is 11.1. The van der Waals surface area contributed by atoms with Crippen LogP contribution in [-0.2, 0) is 10.0 Å². The number of rotatable bonds is 4. The van der Waals surface area contributed by atoms with Gasteiger partial charge < -0.3 is 5.73 Å². The summed E-state index contributed by atoms with van der Waals surface area (Å²) >= 11 is 0. The van der Waals surface area contributed by atoms with E-state index in [0.29, 0.717) is 6.54 Å². The van der Waals surface area contributed by atoms with Crippen LogP contribution in [0.15, 0.2) is 0 Å². The standard InChI is InChI=1S/C6H14N2O2S/c1-5(7)4-8-11(9,10)6-2-3-6/h5-6,8H,2-4,7H2,1H3. The third kappa shape index (κ3) is 2.76. The van der Waals surface area contributed by atoms with Crippen molar-refractivity contribution in [1.82, 2.24) is 4.72 Å². The molecule has 1 atom stereocenters. The minimum atomic E-state index is -3.01. The van der Waals surface area contributed by atoms with E-state index in [9.17, 15) is 8.42 Å². The van der Waals surface area contributed by atoms with Gasteiger partial charge in [0.1, 0.15) is 0 Å². The Balaban J connectivity index is 2.35. The van der Waals surface area contributed by atoms with Crippen LogP contribution in [0.2, 0.25) is 0 Å². The summed E-state index contributed by atoms with van der Waals surface area (Å²) in [5.41, 5.74) is 5.39. The fourth-order valence-corrected chi connectivity index (χ4v) is 2.23. The van der Waals surface area contributed by atoms with Gasteiger partial charge in [-0.25, -0.2) is 13.1 Å². The Morgan fingerprint density at radius 2 is 2.18 bits per heavy atom. The van der Waals surface area contributed by atoms with Gasteiger partial charge in [0.2, 0.25) is 10.0 Å². The lowest BCUT2D eigenvalue weighted by atomic mass is 10.4. The van der Waals surface area contributed by atoms with Crippen LogP contribution in [0.25, 0.3) is 0 Å². The van der Waals surface area contributed by atoms with Crippen molar-refractivity contribution in [3.63, 3.8) is 0 Å². The topological polar surface area (TPSA) is 72.2 Å². The summed E-state index contributed by atoms with van der Waals surface area (Å²) < 4.78 is 24.7. The monoisotopic (exact) mass is 178 g/mol. The molecule has 0 saturated heterocycles. The summed E-state index contributed by atoms with van der Waals surface area (Å²) in [4.78, 5) is 0. The Bertz CT molecular complexity index is 219. The predicted octanol–water partition coefficient (Wildman–Crippen LogP) is -0.585. The molecule has 1 unspecified atom stereocenters. The lowest BCUT2D eigenvalue weighted by Gasteiger charge is -2.06. The molecule has 0 aliphatic heterocycles. The highest BCUT2D eigenvalue weighted by atomic mass is 32.2. The van der Waals surface area contributed by atoms with Crippen molar-refractivity contribution in [3.8, 4) is 0 Å². The van der Waals surface area contributed by atoms with Crippen molar-refractivity contribution in [1.29, 1.82) is 0 Å². The third-order valence-corrected chi connectivity index (χ3v) is 3.49. The molecule has 0 heterocycles. The minimum absolute atomic E-state index is 0.108. The second kappa shape index (κ2) is 3.08. The molecule has 5 heteroatoms. The quantitative estimate of drug-likeness (QED) is 0.604. The predicted molar refractivity (Wildman–Crippen MR) is 43.6 cm³/mol. The minimum Gasteiger partial charge on any atom is -0.327 e. The van der Waals surface area contributed by atoms with Gasteiger partial charge in [-0.05, 0) is 19.8 Å². The molecule has 0 aromatic carbocycles. The van der Waals surface area contributed by atoms with Gasteiger partial charge in [-0.3, -0.25) is 0 Å². The first-order chi connectivity index (χ1) is 5.02. The Morgan fingerprint density at radius 1 is 1.64 bits per heavy atom. The van der Waals surface area contributed by atoms with E-state index in [2.05, 4.69) is 4.72 Å². The van der Waals surface area contributed by atoms with Gasteiger partial charge in [0, 0.05) is 12.6 Å². The van der Waals surface area contributed by atoms with Crippen LogP contribution in [-0.4, -0.2) is 26.3 Å². The van der Waals surface area contributed by atoms with E-state index in [4.69, 9.17) is 5.73 Å². The summed E-state index contributed by atoms with van der Waals surface area (Å²) in [6, 6.07) is -0.108. The molecule has 0 aromatic rings. The van der Waals surface area contributed by atoms with Crippen LogP contribution < -0.4 is 10.5 Å². The first kappa shape index (κ1) is 8.96. The van der Waals surface area contributed by atoms with Gasteiger partial charge in [0.05, 0.1) is 5.25 Å². The second-order valence-corrected chi connectivity index (χ2v) is 5.12. The highest BCUT2D eigenvalue weighted by Crippen LogP contribution is 2.27. The summed E-state index contributed by atoms with van der Waals surface area (Å²) in [5.74, 6) is 0. The lowest BCUT2D eigenvalue weighted by molar-refractivity contribution is 0.572. The maximum Gasteiger partial charge on any atom is 0.214 e. The van der Waals surface area contributed by atoms with Crippen molar-refractivity contribution < 1.29 is 8.42 Å². The number of nitrogens with two attached hydrogens (primary N) is 1. The van der Waals surface area contributed by atoms with Crippen LogP contribution in [0.3, 0.4) is 0 Å². The molecule has 1 aliphatic rings. The molecule has 1 aliphatic carbocycles. The number of nitrogens with one attached hydrogen (secondary N) is 1. The van der Waals surface area contributed by atoms with Crippen molar-refractivity contribution in [3.05, 3.63) is 0 Å². The fourth-order valence-electron chi connectivity index (χ4n) is 0.744. The SMILES string of the molecule is CC(N)CNS(=O)(=O)C1CC1. The van der Waals surface area contributed by atoms with E-state index in [1.165, 1.54) is 0 Å². The molecular formula is C6H14N2O2S. The van der Waals surface area contributed by atoms with Gasteiger partial charge in [0.15, 0.2) is 0 Å². The average molecular weight is 178 g/mol. The summed E-state index contributed by atoms with van der Waals surface area (Å²) in [6.07, 6.45) is 1.60. The smallest absolute Gasteiger partial charge is 0.214 e. The van der Waals surface area contributed by atoms with Gasteiger partial charge >= 0.3 is 0 Å². The lowest BCUT2D eigenvalue weighted by Crippen LogP contribution is -2.36. The first-order valence-corrected chi connectivity index (χ1v) is 5.31. The molecule has 1 fully saturated rings. The van der Waals surface area contributed by atoms with E-state index in [1.807, 2.05) is 0 Å². The summed E-state index contributed by atoms with van der Waals surface area (Å²) in [6.45, 7) is 2.12. The highest BCUT2D eigenvalue weighted by Gasteiger charge is 2.35. The molecule has 66 valence electrons. The Morgan fingerprint density at radius 3 is 2.55 bits per heavy atom. The molecule has 0 aromatic heterocycles. The van der Waals surface area contributed by atoms with Gasteiger partial charge in [-0.2, -0.15) is 0 Å². The maximum atomic E-state index is 11.1. The molecular weight excluding hydrogens is 164 g/mol. The third-order valence-electron chi connectivity index (χ3n) is 1.57. The highest BCUT2D eigenvalue weighted by molar-refractivity contribution is 7.90. The molecule has 3 N–H and O–H groups in total. The van der Waals surface area contributed by atoms with Crippen molar-refractivity contribution in [2.24, 2.45) is 5.73 Å². The zero-order valence-corrected chi connectivity index (χ0v) is 7.39. The van der Waals surface area contributed by atoms with Crippen molar-refractivity contribution in [2.45, 2.75) is 31.1 Å². The van der Waals surface area contributed by atoms with Gasteiger partial charge in [0.25, 0.3) is 0 Å². The Labute approximate surface area is 67.2 Å². The van der Waals surface area contributed by atoms with E-state index >= 15 is 0 Å². The van der Waals surface area contributed by atoms with Crippen LogP contribution in [0.1, 0.15) is 19.8 Å². The zero-order valence-electron chi connectivity index (χ0n) is 6.58. The molecule has 11 heavy (non-hydrogen) atoms. The molecule has 0 spiro atoms. The number of sulfonamides is 1. The number of hydrogen-bond acceptors (Lipinski definition) is 3. The first-order valence-electron chi connectivity index (χ1n) is 3.76. The van der Waals surface area contributed by atoms with E-state index < -0.39 is 10.0 Å². The summed E-state index contributed by atoms with van der Waals surface area (Å²) in [7, 11) is -3.01. The normalized spacial score (nSPS) is 21.6. The largest absolute Gasteiger partial charge is 0.327 e. The molecule has 0 radical (unpaired) electrons. The Hall–Kier alpha value is -0.130. The van der Waals surface area contributed by atoms with Crippen molar-refractivity contribution in [2.75, 3.05) is 6.54 Å².